The van der Waals surface area contributed by atoms with Gasteiger partial charge < -0.3 is 9.47 Å². The molecule has 0 aliphatic carbocycles. The molecule has 0 aromatic rings. The average Bonchev–Trinajstić information content (AvgIpc) is 2.42. The highest BCUT2D eigenvalue weighted by Gasteiger charge is 2.05. The van der Waals surface area contributed by atoms with Crippen LogP contribution in [0.5, 0.6) is 0 Å². The van der Waals surface area contributed by atoms with Crippen molar-refractivity contribution in [3.63, 3.8) is 0 Å². The molecule has 0 heterocycles. The van der Waals surface area contributed by atoms with Gasteiger partial charge in [-0.15, -0.1) is 0 Å². The Labute approximate surface area is 115 Å². The maximum Gasteiger partial charge on any atom is 0.333 e. The van der Waals surface area contributed by atoms with Crippen molar-refractivity contribution in [1.82, 2.24) is 0 Å². The summed E-state index contributed by atoms with van der Waals surface area (Å²) < 4.78 is 9.67. The van der Waals surface area contributed by atoms with Crippen LogP contribution in [0.3, 0.4) is 0 Å². The van der Waals surface area contributed by atoms with Gasteiger partial charge in [0.15, 0.2) is 0 Å². The maximum absolute atomic E-state index is 11.6. The SMILES string of the molecule is CCCCCCOC(=O)C(C)=CC=C(C)C(=O)OC. The van der Waals surface area contributed by atoms with Gasteiger partial charge in [-0.25, -0.2) is 9.59 Å². The molecule has 0 aliphatic heterocycles. The Hall–Kier alpha value is -1.58. The van der Waals surface area contributed by atoms with E-state index >= 15 is 0 Å². The van der Waals surface area contributed by atoms with E-state index in [1.807, 2.05) is 0 Å². The van der Waals surface area contributed by atoms with E-state index < -0.39 is 5.97 Å². The normalized spacial score (nSPS) is 12.2. The van der Waals surface area contributed by atoms with Crippen LogP contribution in [0.2, 0.25) is 0 Å². The Balaban J connectivity index is 4.14. The van der Waals surface area contributed by atoms with Gasteiger partial charge in [0.25, 0.3) is 0 Å². The topological polar surface area (TPSA) is 52.6 Å². The third-order valence-corrected chi connectivity index (χ3v) is 2.64. The number of carbonyl (C=O) groups excluding carboxylic acids is 2. The molecule has 0 aliphatic rings. The fourth-order valence-electron chi connectivity index (χ4n) is 1.35. The molecule has 4 heteroatoms. The summed E-state index contributed by atoms with van der Waals surface area (Å²) in [5.74, 6) is -0.748. The summed E-state index contributed by atoms with van der Waals surface area (Å²) in [6, 6.07) is 0. The molecule has 0 saturated carbocycles. The number of hydrogen-bond acceptors (Lipinski definition) is 4. The minimum atomic E-state index is -0.406. The molecule has 0 N–H and O–H groups in total. The van der Waals surface area contributed by atoms with E-state index in [-0.39, 0.29) is 5.97 Å². The smallest absolute Gasteiger partial charge is 0.333 e. The average molecular weight is 268 g/mol. The predicted octanol–water partition coefficient (Wildman–Crippen LogP) is 3.18. The first kappa shape index (κ1) is 17.4. The fraction of sp³-hybridized carbons (Fsp3) is 0.600. The lowest BCUT2D eigenvalue weighted by Crippen LogP contribution is -2.07. The van der Waals surface area contributed by atoms with Crippen LogP contribution in [0.15, 0.2) is 23.3 Å². The van der Waals surface area contributed by atoms with E-state index in [4.69, 9.17) is 4.74 Å². The van der Waals surface area contributed by atoms with Crippen LogP contribution in [0.25, 0.3) is 0 Å². The van der Waals surface area contributed by atoms with Crippen molar-refractivity contribution in [2.24, 2.45) is 0 Å². The second-order valence-electron chi connectivity index (χ2n) is 4.39. The molecule has 0 rings (SSSR count). The molecule has 0 unspecified atom stereocenters. The molecular weight excluding hydrogens is 244 g/mol. The molecule has 0 fully saturated rings. The summed E-state index contributed by atoms with van der Waals surface area (Å²) in [7, 11) is 1.32. The zero-order chi connectivity index (χ0) is 14.7. The number of hydrogen-bond donors (Lipinski definition) is 0. The minimum absolute atomic E-state index is 0.342. The van der Waals surface area contributed by atoms with Crippen molar-refractivity contribution in [3.8, 4) is 0 Å². The first-order valence-electron chi connectivity index (χ1n) is 6.63. The Bertz CT molecular complexity index is 353. The van der Waals surface area contributed by atoms with E-state index in [1.165, 1.54) is 7.11 Å². The molecule has 19 heavy (non-hydrogen) atoms. The lowest BCUT2D eigenvalue weighted by atomic mass is 10.2. The number of esters is 2. The van der Waals surface area contributed by atoms with Crippen LogP contribution < -0.4 is 0 Å². The molecule has 0 aromatic carbocycles. The van der Waals surface area contributed by atoms with Crippen molar-refractivity contribution in [2.75, 3.05) is 13.7 Å². The standard InChI is InChI=1S/C15H24O4/c1-5-6-7-8-11-19-15(17)13(3)10-9-12(2)14(16)18-4/h9-10H,5-8,11H2,1-4H3. The summed E-state index contributed by atoms with van der Waals surface area (Å²) >= 11 is 0. The van der Waals surface area contributed by atoms with Gasteiger partial charge in [0, 0.05) is 11.1 Å². The van der Waals surface area contributed by atoms with Crippen LogP contribution in [0.1, 0.15) is 46.5 Å². The van der Waals surface area contributed by atoms with E-state index in [0.717, 1.165) is 25.7 Å². The van der Waals surface area contributed by atoms with Gasteiger partial charge in [-0.05, 0) is 20.3 Å². The number of methoxy groups -OCH3 is 1. The highest BCUT2D eigenvalue weighted by molar-refractivity contribution is 5.90. The maximum atomic E-state index is 11.6. The first-order chi connectivity index (χ1) is 9.02. The third kappa shape index (κ3) is 8.19. The molecule has 4 nitrogen and oxygen atoms in total. The molecule has 108 valence electrons. The predicted molar refractivity (Wildman–Crippen MR) is 74.6 cm³/mol. The molecular formula is C15H24O4. The molecule has 0 atom stereocenters. The largest absolute Gasteiger partial charge is 0.466 e. The Kier molecular flexibility index (Phi) is 9.49. The number of ether oxygens (including phenoxy) is 2. The van der Waals surface area contributed by atoms with Crippen molar-refractivity contribution in [1.29, 1.82) is 0 Å². The summed E-state index contributed by atoms with van der Waals surface area (Å²) in [6.07, 6.45) is 7.41. The van der Waals surface area contributed by atoms with E-state index in [2.05, 4.69) is 11.7 Å². The van der Waals surface area contributed by atoms with Crippen LogP contribution in [0.4, 0.5) is 0 Å². The van der Waals surface area contributed by atoms with Crippen molar-refractivity contribution < 1.29 is 19.1 Å². The molecule has 0 radical (unpaired) electrons. The monoisotopic (exact) mass is 268 g/mol. The Morgan fingerprint density at radius 3 is 2.05 bits per heavy atom. The number of rotatable bonds is 8. The summed E-state index contributed by atoms with van der Waals surface area (Å²) in [4.78, 5) is 22.7. The van der Waals surface area contributed by atoms with Gasteiger partial charge in [-0.1, -0.05) is 38.3 Å². The molecule has 0 bridgehead atoms. The van der Waals surface area contributed by atoms with Gasteiger partial charge in [0.05, 0.1) is 13.7 Å². The van der Waals surface area contributed by atoms with Gasteiger partial charge in [-0.3, -0.25) is 0 Å². The lowest BCUT2D eigenvalue weighted by Gasteiger charge is -2.04. The summed E-state index contributed by atoms with van der Waals surface area (Å²) in [6.45, 7) is 5.87. The van der Waals surface area contributed by atoms with Gasteiger partial charge in [0.1, 0.15) is 0 Å². The van der Waals surface area contributed by atoms with Gasteiger partial charge in [-0.2, -0.15) is 0 Å². The molecule has 0 amide bonds. The van der Waals surface area contributed by atoms with Crippen molar-refractivity contribution in [2.45, 2.75) is 46.5 Å². The highest BCUT2D eigenvalue weighted by Crippen LogP contribution is 2.04. The second-order valence-corrected chi connectivity index (χ2v) is 4.39. The molecule has 0 spiro atoms. The van der Waals surface area contributed by atoms with Gasteiger partial charge in [0.2, 0.25) is 0 Å². The van der Waals surface area contributed by atoms with E-state index in [9.17, 15) is 9.59 Å². The molecule has 0 aromatic heterocycles. The van der Waals surface area contributed by atoms with Crippen LogP contribution in [-0.2, 0) is 19.1 Å². The third-order valence-electron chi connectivity index (χ3n) is 2.64. The summed E-state index contributed by atoms with van der Waals surface area (Å²) in [5.41, 5.74) is 0.913. The zero-order valence-corrected chi connectivity index (χ0v) is 12.3. The number of unbranched alkanes of at least 4 members (excludes halogenated alkanes) is 3. The number of allylic oxidation sites excluding steroid dienone is 2. The van der Waals surface area contributed by atoms with Gasteiger partial charge >= 0.3 is 11.9 Å². The van der Waals surface area contributed by atoms with E-state index in [0.29, 0.717) is 17.8 Å². The van der Waals surface area contributed by atoms with Crippen LogP contribution in [-0.4, -0.2) is 25.7 Å². The Morgan fingerprint density at radius 1 is 0.947 bits per heavy atom. The van der Waals surface area contributed by atoms with Crippen molar-refractivity contribution in [3.05, 3.63) is 23.3 Å². The zero-order valence-electron chi connectivity index (χ0n) is 12.3. The molecule has 0 saturated heterocycles. The van der Waals surface area contributed by atoms with Crippen LogP contribution in [0, 0.1) is 0 Å². The highest BCUT2D eigenvalue weighted by atomic mass is 16.5. The van der Waals surface area contributed by atoms with Crippen LogP contribution >= 0.6 is 0 Å². The first-order valence-corrected chi connectivity index (χ1v) is 6.63. The van der Waals surface area contributed by atoms with Crippen molar-refractivity contribution >= 4 is 11.9 Å². The van der Waals surface area contributed by atoms with E-state index in [1.54, 1.807) is 26.0 Å². The quantitative estimate of drug-likeness (QED) is 0.294. The second kappa shape index (κ2) is 10.4. The fourth-order valence-corrected chi connectivity index (χ4v) is 1.35. The number of carbonyl (C=O) groups is 2. The lowest BCUT2D eigenvalue weighted by molar-refractivity contribution is -0.139. The minimum Gasteiger partial charge on any atom is -0.466 e. The summed E-state index contributed by atoms with van der Waals surface area (Å²) in [5, 5.41) is 0. The Morgan fingerprint density at radius 2 is 1.53 bits per heavy atom.